The molecule has 1 aliphatic carbocycles. The minimum Gasteiger partial charge on any atom is -0.381 e. The molecule has 2 fully saturated rings. The van der Waals surface area contributed by atoms with Gasteiger partial charge in [-0.3, -0.25) is 11.3 Å². The monoisotopic (exact) mass is 234 g/mol. The molecule has 94 valence electrons. The first-order valence-electron chi connectivity index (χ1n) is 6.04. The fourth-order valence-electron chi connectivity index (χ4n) is 2.91. The third-order valence-corrected chi connectivity index (χ3v) is 3.93. The largest absolute Gasteiger partial charge is 0.381 e. The van der Waals surface area contributed by atoms with Crippen LogP contribution in [0.1, 0.15) is 32.1 Å². The molecular formula is C11H20F2N2O. The maximum atomic E-state index is 13.0. The molecule has 2 atom stereocenters. The zero-order chi connectivity index (χ0) is 11.6. The Hall–Kier alpha value is -0.260. The van der Waals surface area contributed by atoms with Crippen molar-refractivity contribution in [3.63, 3.8) is 0 Å². The quantitative estimate of drug-likeness (QED) is 0.577. The second-order valence-corrected chi connectivity index (χ2v) is 5.01. The van der Waals surface area contributed by atoms with Gasteiger partial charge >= 0.3 is 0 Å². The van der Waals surface area contributed by atoms with Crippen LogP contribution in [0.15, 0.2) is 0 Å². The topological polar surface area (TPSA) is 47.3 Å². The van der Waals surface area contributed by atoms with Crippen LogP contribution in [0.3, 0.4) is 0 Å². The second-order valence-electron chi connectivity index (χ2n) is 5.01. The van der Waals surface area contributed by atoms with E-state index in [-0.39, 0.29) is 24.8 Å². The SMILES string of the molecule is NNC(C1CCC(F)(F)CC1)C1CCOC1. The summed E-state index contributed by atoms with van der Waals surface area (Å²) in [4.78, 5) is 0. The van der Waals surface area contributed by atoms with Crippen molar-refractivity contribution in [1.29, 1.82) is 0 Å². The number of rotatable bonds is 3. The summed E-state index contributed by atoms with van der Waals surface area (Å²) in [5, 5.41) is 0. The third-order valence-electron chi connectivity index (χ3n) is 3.93. The van der Waals surface area contributed by atoms with Gasteiger partial charge in [-0.15, -0.1) is 0 Å². The van der Waals surface area contributed by atoms with Crippen molar-refractivity contribution in [3.8, 4) is 0 Å². The van der Waals surface area contributed by atoms with Gasteiger partial charge in [-0.25, -0.2) is 8.78 Å². The molecule has 1 heterocycles. The smallest absolute Gasteiger partial charge is 0.248 e. The Labute approximate surface area is 94.7 Å². The molecule has 2 rings (SSSR count). The van der Waals surface area contributed by atoms with E-state index in [1.54, 1.807) is 0 Å². The molecule has 0 aromatic heterocycles. The summed E-state index contributed by atoms with van der Waals surface area (Å²) in [5.41, 5.74) is 2.82. The van der Waals surface area contributed by atoms with Crippen LogP contribution in [0.25, 0.3) is 0 Å². The molecular weight excluding hydrogens is 214 g/mol. The number of halogens is 2. The minimum absolute atomic E-state index is 0.00340. The molecule has 1 aliphatic heterocycles. The van der Waals surface area contributed by atoms with Crippen molar-refractivity contribution >= 4 is 0 Å². The summed E-state index contributed by atoms with van der Waals surface area (Å²) in [6, 6.07) is 0.138. The predicted octanol–water partition coefficient (Wildman–Crippen LogP) is 1.68. The summed E-state index contributed by atoms with van der Waals surface area (Å²) in [6.45, 7) is 1.48. The van der Waals surface area contributed by atoms with Crippen LogP contribution in [-0.4, -0.2) is 25.2 Å². The zero-order valence-electron chi connectivity index (χ0n) is 9.42. The average molecular weight is 234 g/mol. The van der Waals surface area contributed by atoms with E-state index in [9.17, 15) is 8.78 Å². The first kappa shape index (κ1) is 12.2. The summed E-state index contributed by atoms with van der Waals surface area (Å²) < 4.78 is 31.4. The summed E-state index contributed by atoms with van der Waals surface area (Å²) in [6.07, 6.45) is 2.13. The van der Waals surface area contributed by atoms with Crippen molar-refractivity contribution in [3.05, 3.63) is 0 Å². The molecule has 3 N–H and O–H groups in total. The minimum atomic E-state index is -2.46. The van der Waals surface area contributed by atoms with Crippen LogP contribution in [0.4, 0.5) is 8.78 Å². The number of nitrogens with two attached hydrogens (primary N) is 1. The highest BCUT2D eigenvalue weighted by Gasteiger charge is 2.40. The molecule has 0 aromatic rings. The van der Waals surface area contributed by atoms with Gasteiger partial charge in [0.15, 0.2) is 0 Å². The zero-order valence-corrected chi connectivity index (χ0v) is 9.42. The van der Waals surface area contributed by atoms with Crippen LogP contribution in [-0.2, 0) is 4.74 Å². The maximum absolute atomic E-state index is 13.0. The molecule has 0 spiro atoms. The van der Waals surface area contributed by atoms with Crippen LogP contribution < -0.4 is 11.3 Å². The number of hydrogen-bond donors (Lipinski definition) is 2. The van der Waals surface area contributed by atoms with Gasteiger partial charge in [-0.05, 0) is 25.2 Å². The number of hydrogen-bond acceptors (Lipinski definition) is 3. The third kappa shape index (κ3) is 2.70. The van der Waals surface area contributed by atoms with Gasteiger partial charge in [0.2, 0.25) is 5.92 Å². The van der Waals surface area contributed by atoms with E-state index in [2.05, 4.69) is 5.43 Å². The van der Waals surface area contributed by atoms with Crippen LogP contribution in [0.2, 0.25) is 0 Å². The Balaban J connectivity index is 1.90. The van der Waals surface area contributed by atoms with Crippen molar-refractivity contribution in [2.75, 3.05) is 13.2 Å². The van der Waals surface area contributed by atoms with Gasteiger partial charge in [0.05, 0.1) is 6.61 Å². The van der Waals surface area contributed by atoms with Gasteiger partial charge in [0.25, 0.3) is 0 Å². The van der Waals surface area contributed by atoms with Crippen molar-refractivity contribution in [1.82, 2.24) is 5.43 Å². The first-order chi connectivity index (χ1) is 7.62. The molecule has 1 saturated carbocycles. The van der Waals surface area contributed by atoms with E-state index in [1.165, 1.54) is 0 Å². The molecule has 0 radical (unpaired) electrons. The summed E-state index contributed by atoms with van der Waals surface area (Å²) >= 11 is 0. The highest BCUT2D eigenvalue weighted by molar-refractivity contribution is 4.88. The molecule has 16 heavy (non-hydrogen) atoms. The Kier molecular flexibility index (Phi) is 3.77. The highest BCUT2D eigenvalue weighted by Crippen LogP contribution is 2.39. The Morgan fingerprint density at radius 3 is 2.38 bits per heavy atom. The van der Waals surface area contributed by atoms with E-state index in [0.29, 0.717) is 25.4 Å². The number of nitrogens with one attached hydrogen (secondary N) is 1. The average Bonchev–Trinajstić information content (AvgIpc) is 2.75. The van der Waals surface area contributed by atoms with Gasteiger partial charge in [-0.1, -0.05) is 0 Å². The molecule has 1 saturated heterocycles. The number of hydrazine groups is 1. The van der Waals surface area contributed by atoms with E-state index in [4.69, 9.17) is 10.6 Å². The van der Waals surface area contributed by atoms with Crippen LogP contribution in [0, 0.1) is 11.8 Å². The molecule has 0 amide bonds. The normalized spacial score (nSPS) is 32.8. The van der Waals surface area contributed by atoms with E-state index in [0.717, 1.165) is 13.0 Å². The standard InChI is InChI=1S/C11H20F2N2O/c12-11(13)4-1-8(2-5-11)10(15-14)9-3-6-16-7-9/h8-10,15H,1-7,14H2. The Morgan fingerprint density at radius 2 is 1.88 bits per heavy atom. The second kappa shape index (κ2) is 4.94. The van der Waals surface area contributed by atoms with Crippen LogP contribution >= 0.6 is 0 Å². The lowest BCUT2D eigenvalue weighted by Gasteiger charge is -2.35. The maximum Gasteiger partial charge on any atom is 0.248 e. The molecule has 5 heteroatoms. The molecule has 2 aliphatic rings. The van der Waals surface area contributed by atoms with E-state index in [1.807, 2.05) is 0 Å². The Bertz CT molecular complexity index is 222. The van der Waals surface area contributed by atoms with Gasteiger partial charge in [0, 0.05) is 31.4 Å². The van der Waals surface area contributed by atoms with Crippen LogP contribution in [0.5, 0.6) is 0 Å². The predicted molar refractivity (Wildman–Crippen MR) is 56.9 cm³/mol. The van der Waals surface area contributed by atoms with Crippen molar-refractivity contribution in [2.24, 2.45) is 17.7 Å². The van der Waals surface area contributed by atoms with Gasteiger partial charge < -0.3 is 4.74 Å². The van der Waals surface area contributed by atoms with Crippen molar-refractivity contribution < 1.29 is 13.5 Å². The van der Waals surface area contributed by atoms with Crippen molar-refractivity contribution in [2.45, 2.75) is 44.1 Å². The lowest BCUT2D eigenvalue weighted by molar-refractivity contribution is -0.0521. The van der Waals surface area contributed by atoms with Gasteiger partial charge in [0.1, 0.15) is 0 Å². The molecule has 3 nitrogen and oxygen atoms in total. The molecule has 0 bridgehead atoms. The highest BCUT2D eigenvalue weighted by atomic mass is 19.3. The number of ether oxygens (including phenoxy) is 1. The fourth-order valence-corrected chi connectivity index (χ4v) is 2.91. The fraction of sp³-hybridized carbons (Fsp3) is 1.00. The molecule has 2 unspecified atom stereocenters. The van der Waals surface area contributed by atoms with E-state index >= 15 is 0 Å². The number of alkyl halides is 2. The summed E-state index contributed by atoms with van der Waals surface area (Å²) in [5.74, 6) is 3.77. The lowest BCUT2D eigenvalue weighted by atomic mass is 9.77. The van der Waals surface area contributed by atoms with E-state index < -0.39 is 5.92 Å². The first-order valence-corrected chi connectivity index (χ1v) is 6.04. The van der Waals surface area contributed by atoms with Gasteiger partial charge in [-0.2, -0.15) is 0 Å². The molecule has 0 aromatic carbocycles. The lowest BCUT2D eigenvalue weighted by Crippen LogP contribution is -2.48. The Morgan fingerprint density at radius 1 is 1.19 bits per heavy atom. The summed E-state index contributed by atoms with van der Waals surface area (Å²) in [7, 11) is 0.